The van der Waals surface area contributed by atoms with Crippen molar-refractivity contribution in [3.63, 3.8) is 0 Å². The predicted molar refractivity (Wildman–Crippen MR) is 157 cm³/mol. The molecular weight excluding hydrogens is 488 g/mol. The minimum absolute atomic E-state index is 0.161. The maximum Gasteiger partial charge on any atom is 0.253 e. The van der Waals surface area contributed by atoms with Crippen molar-refractivity contribution in [2.24, 2.45) is 5.73 Å². The quantitative estimate of drug-likeness (QED) is 0.393. The fourth-order valence-corrected chi connectivity index (χ4v) is 5.91. The lowest BCUT2D eigenvalue weighted by atomic mass is 9.94. The fraction of sp³-hybridized carbons (Fsp3) is 0.438. The van der Waals surface area contributed by atoms with E-state index in [1.54, 1.807) is 0 Å². The highest BCUT2D eigenvalue weighted by molar-refractivity contribution is 5.99. The van der Waals surface area contributed by atoms with E-state index in [1.807, 2.05) is 32.9 Å². The second-order valence-electron chi connectivity index (χ2n) is 11.1. The molecule has 1 amide bonds. The van der Waals surface area contributed by atoms with Crippen LogP contribution < -0.4 is 21.5 Å². The number of aromatic amines is 1. The van der Waals surface area contributed by atoms with Crippen LogP contribution in [0.15, 0.2) is 47.3 Å². The summed E-state index contributed by atoms with van der Waals surface area (Å²) < 4.78 is 5.63. The first-order valence-corrected chi connectivity index (χ1v) is 14.1. The van der Waals surface area contributed by atoms with Crippen molar-refractivity contribution in [2.75, 3.05) is 24.7 Å². The minimum Gasteiger partial charge on any atom is -0.381 e. The van der Waals surface area contributed by atoms with Gasteiger partial charge in [-0.05, 0) is 93.0 Å². The maximum atomic E-state index is 13.7. The number of pyridine rings is 1. The molecule has 0 radical (unpaired) electrons. The lowest BCUT2D eigenvalue weighted by Gasteiger charge is -2.37. The van der Waals surface area contributed by atoms with E-state index in [0.29, 0.717) is 23.1 Å². The number of carbonyl (C=O) groups excluding carboxylic acids is 1. The monoisotopic (exact) mass is 528 g/mol. The van der Waals surface area contributed by atoms with Crippen LogP contribution >= 0.6 is 0 Å². The first-order chi connectivity index (χ1) is 18.8. The lowest BCUT2D eigenvalue weighted by molar-refractivity contribution is 0.0846. The standard InChI is InChI=1S/C32H40N4O3/c1-5-36(25-10-12-39-13-11-25)30-16-24(22-6-8-23(9-7-22)27-17-29(27)33)15-26(21(30)4)31(37)34-18-28-19(2)14-20(3)35-32(28)38/h6-9,14-16,25,27,29H,5,10-13,17-18,33H2,1-4H3,(H,34,37)(H,35,38)/t27-,29+/m0/s1. The Balaban J connectivity index is 1.50. The van der Waals surface area contributed by atoms with Crippen molar-refractivity contribution < 1.29 is 9.53 Å². The largest absolute Gasteiger partial charge is 0.381 e. The Morgan fingerprint density at radius 3 is 2.38 bits per heavy atom. The molecule has 0 bridgehead atoms. The molecule has 0 spiro atoms. The van der Waals surface area contributed by atoms with Gasteiger partial charge in [-0.15, -0.1) is 0 Å². The predicted octanol–water partition coefficient (Wildman–Crippen LogP) is 4.72. The molecule has 1 aliphatic heterocycles. The van der Waals surface area contributed by atoms with E-state index in [-0.39, 0.29) is 24.1 Å². The van der Waals surface area contributed by atoms with Gasteiger partial charge >= 0.3 is 0 Å². The van der Waals surface area contributed by atoms with Crippen LogP contribution in [0.2, 0.25) is 0 Å². The summed E-state index contributed by atoms with van der Waals surface area (Å²) in [6.45, 7) is 10.5. The molecule has 2 heterocycles. The average Bonchev–Trinajstić information content (AvgIpc) is 3.66. The molecule has 2 aromatic carbocycles. The number of benzene rings is 2. The molecule has 7 heteroatoms. The fourth-order valence-electron chi connectivity index (χ4n) is 5.91. The number of nitrogens with zero attached hydrogens (tertiary/aromatic N) is 1. The van der Waals surface area contributed by atoms with Gasteiger partial charge in [0.25, 0.3) is 11.5 Å². The van der Waals surface area contributed by atoms with Crippen molar-refractivity contribution in [3.8, 4) is 11.1 Å². The molecule has 7 nitrogen and oxygen atoms in total. The van der Waals surface area contributed by atoms with Crippen LogP contribution in [0.3, 0.4) is 0 Å². The molecule has 4 N–H and O–H groups in total. The first-order valence-electron chi connectivity index (χ1n) is 14.1. The minimum atomic E-state index is -0.182. The van der Waals surface area contributed by atoms with Crippen LogP contribution in [0.5, 0.6) is 0 Å². The van der Waals surface area contributed by atoms with E-state index >= 15 is 0 Å². The van der Waals surface area contributed by atoms with Gasteiger partial charge in [-0.3, -0.25) is 9.59 Å². The summed E-state index contributed by atoms with van der Waals surface area (Å²) in [5.41, 5.74) is 14.2. The number of H-pyrrole nitrogens is 1. The van der Waals surface area contributed by atoms with Crippen LogP contribution in [0.1, 0.15) is 70.4 Å². The smallest absolute Gasteiger partial charge is 0.253 e. The van der Waals surface area contributed by atoms with E-state index < -0.39 is 0 Å². The number of anilines is 1. The summed E-state index contributed by atoms with van der Waals surface area (Å²) in [7, 11) is 0. The number of rotatable bonds is 8. The number of aryl methyl sites for hydroxylation is 2. The summed E-state index contributed by atoms with van der Waals surface area (Å²) in [6.07, 6.45) is 2.97. The van der Waals surface area contributed by atoms with E-state index in [1.165, 1.54) is 5.56 Å². The lowest BCUT2D eigenvalue weighted by Crippen LogP contribution is -2.40. The third kappa shape index (κ3) is 5.80. The van der Waals surface area contributed by atoms with Crippen molar-refractivity contribution >= 4 is 11.6 Å². The van der Waals surface area contributed by atoms with Gasteiger partial charge in [-0.25, -0.2) is 0 Å². The van der Waals surface area contributed by atoms with Gasteiger partial charge in [-0.1, -0.05) is 24.3 Å². The zero-order valence-corrected chi connectivity index (χ0v) is 23.5. The van der Waals surface area contributed by atoms with Gasteiger partial charge in [-0.2, -0.15) is 0 Å². The van der Waals surface area contributed by atoms with Crippen LogP contribution in [0.25, 0.3) is 11.1 Å². The van der Waals surface area contributed by atoms with Crippen molar-refractivity contribution in [2.45, 2.75) is 71.5 Å². The second-order valence-corrected chi connectivity index (χ2v) is 11.1. The van der Waals surface area contributed by atoms with Gasteiger partial charge in [0.2, 0.25) is 0 Å². The van der Waals surface area contributed by atoms with E-state index in [9.17, 15) is 9.59 Å². The molecule has 2 atom stereocenters. The topological polar surface area (TPSA) is 100 Å². The third-order valence-corrected chi connectivity index (χ3v) is 8.34. The highest BCUT2D eigenvalue weighted by Crippen LogP contribution is 2.40. The van der Waals surface area contributed by atoms with Crippen molar-refractivity contribution in [1.29, 1.82) is 0 Å². The molecular formula is C32H40N4O3. The number of hydrogen-bond acceptors (Lipinski definition) is 5. The molecule has 39 heavy (non-hydrogen) atoms. The van der Waals surface area contributed by atoms with Gasteiger partial charge in [0.05, 0.1) is 0 Å². The molecule has 0 unspecified atom stereocenters. The Bertz CT molecular complexity index is 1410. The highest BCUT2D eigenvalue weighted by Gasteiger charge is 2.34. The number of nitrogens with one attached hydrogen (secondary N) is 2. The van der Waals surface area contributed by atoms with Crippen molar-refractivity contribution in [3.05, 3.63) is 86.3 Å². The number of ether oxygens (including phenoxy) is 1. The van der Waals surface area contributed by atoms with Crippen LogP contribution in [0.4, 0.5) is 5.69 Å². The molecule has 1 saturated heterocycles. The molecule has 2 fully saturated rings. The highest BCUT2D eigenvalue weighted by atomic mass is 16.5. The van der Waals surface area contributed by atoms with E-state index in [0.717, 1.165) is 72.7 Å². The van der Waals surface area contributed by atoms with Crippen LogP contribution in [0, 0.1) is 20.8 Å². The molecule has 3 aromatic rings. The number of amides is 1. The van der Waals surface area contributed by atoms with Gasteiger partial charge in [0.15, 0.2) is 0 Å². The summed E-state index contributed by atoms with van der Waals surface area (Å²) in [6, 6.07) is 15.3. The van der Waals surface area contributed by atoms with Gasteiger partial charge in [0, 0.05) is 66.8 Å². The number of hydrogen-bond donors (Lipinski definition) is 3. The molecule has 1 aliphatic carbocycles. The third-order valence-electron chi connectivity index (χ3n) is 8.34. The van der Waals surface area contributed by atoms with E-state index in [4.69, 9.17) is 10.5 Å². The Morgan fingerprint density at radius 1 is 1.08 bits per heavy atom. The Morgan fingerprint density at radius 2 is 1.77 bits per heavy atom. The number of nitrogens with two attached hydrogens (primary N) is 1. The molecule has 1 aromatic heterocycles. The van der Waals surface area contributed by atoms with Gasteiger partial charge in [0.1, 0.15) is 0 Å². The summed E-state index contributed by atoms with van der Waals surface area (Å²) >= 11 is 0. The Labute approximate surface area is 230 Å². The SMILES string of the molecule is CCN(c1cc(-c2ccc([C@@H]3C[C@H]3N)cc2)cc(C(=O)NCc2c(C)cc(C)[nH]c2=O)c1C)C1CCOCC1. The average molecular weight is 529 g/mol. The Hall–Kier alpha value is -3.42. The van der Waals surface area contributed by atoms with Crippen LogP contribution in [-0.4, -0.2) is 42.7 Å². The molecule has 206 valence electrons. The molecule has 5 rings (SSSR count). The Kier molecular flexibility index (Phi) is 7.91. The van der Waals surface area contributed by atoms with Gasteiger partial charge < -0.3 is 25.7 Å². The summed E-state index contributed by atoms with van der Waals surface area (Å²) in [4.78, 5) is 31.5. The number of aromatic nitrogens is 1. The summed E-state index contributed by atoms with van der Waals surface area (Å²) in [5, 5.41) is 3.03. The van der Waals surface area contributed by atoms with E-state index in [2.05, 4.69) is 52.5 Å². The normalized spacial score (nSPS) is 19.1. The second kappa shape index (κ2) is 11.4. The van der Waals surface area contributed by atoms with Crippen LogP contribution in [-0.2, 0) is 11.3 Å². The zero-order valence-electron chi connectivity index (χ0n) is 23.5. The summed E-state index contributed by atoms with van der Waals surface area (Å²) in [5.74, 6) is 0.269. The van der Waals surface area contributed by atoms with Crippen molar-refractivity contribution in [1.82, 2.24) is 10.3 Å². The maximum absolute atomic E-state index is 13.7. The molecule has 2 aliphatic rings. The zero-order chi connectivity index (χ0) is 27.7. The number of carbonyl (C=O) groups is 1. The first kappa shape index (κ1) is 27.2. The molecule has 1 saturated carbocycles.